The average Bonchev–Trinajstić information content (AvgIpc) is 2.72. The Kier molecular flexibility index (Phi) is 5.55. The largest absolute Gasteiger partial charge is 0.370 e. The van der Waals surface area contributed by atoms with Crippen molar-refractivity contribution in [3.05, 3.63) is 0 Å². The quantitative estimate of drug-likeness (QED) is 0.271. The Morgan fingerprint density at radius 3 is 2.94 bits per heavy atom. The minimum absolute atomic E-state index is 0.114. The van der Waals surface area contributed by atoms with E-state index in [2.05, 4.69) is 20.5 Å². The van der Waals surface area contributed by atoms with Gasteiger partial charge in [0, 0.05) is 32.7 Å². The normalized spacial score (nSPS) is 19.9. The molecule has 1 heterocycles. The Balaban J connectivity index is 2.13. The van der Waals surface area contributed by atoms with Crippen LogP contribution in [0.3, 0.4) is 0 Å². The number of carbonyl (C=O) groups excluding carboxylic acids is 1. The van der Waals surface area contributed by atoms with Gasteiger partial charge in [-0.2, -0.15) is 0 Å². The van der Waals surface area contributed by atoms with Crippen molar-refractivity contribution >= 4 is 12.0 Å². The highest BCUT2D eigenvalue weighted by Crippen LogP contribution is 2.09. The fourth-order valence-electron chi connectivity index (χ4n) is 1.91. The van der Waals surface area contributed by atoms with Gasteiger partial charge >= 0.3 is 6.03 Å². The molecular weight excluding hydrogens is 220 g/mol. The molecule has 0 spiro atoms. The third-order valence-corrected chi connectivity index (χ3v) is 2.76. The van der Waals surface area contributed by atoms with Crippen molar-refractivity contribution in [2.45, 2.75) is 18.9 Å². The second kappa shape index (κ2) is 6.95. The van der Waals surface area contributed by atoms with Gasteiger partial charge in [-0.25, -0.2) is 4.79 Å². The molecular formula is C10H22N6O. The first-order valence-corrected chi connectivity index (χ1v) is 5.88. The summed E-state index contributed by atoms with van der Waals surface area (Å²) in [5.41, 5.74) is 10.5. The summed E-state index contributed by atoms with van der Waals surface area (Å²) in [6.07, 6.45) is 1.93. The van der Waals surface area contributed by atoms with Gasteiger partial charge < -0.3 is 27.0 Å². The molecule has 7 heteroatoms. The lowest BCUT2D eigenvalue weighted by Gasteiger charge is -2.15. The zero-order chi connectivity index (χ0) is 12.7. The van der Waals surface area contributed by atoms with E-state index in [0.717, 1.165) is 32.5 Å². The lowest BCUT2D eigenvalue weighted by Crippen LogP contribution is -2.42. The van der Waals surface area contributed by atoms with E-state index in [9.17, 15) is 4.79 Å². The number of likely N-dealkylation sites (tertiary alicyclic amines) is 1. The van der Waals surface area contributed by atoms with E-state index in [-0.39, 0.29) is 18.0 Å². The zero-order valence-electron chi connectivity index (χ0n) is 10.3. The molecule has 1 aliphatic heterocycles. The van der Waals surface area contributed by atoms with Crippen molar-refractivity contribution < 1.29 is 4.79 Å². The van der Waals surface area contributed by atoms with Crippen molar-refractivity contribution in [3.63, 3.8) is 0 Å². The van der Waals surface area contributed by atoms with Crippen molar-refractivity contribution in [1.82, 2.24) is 15.5 Å². The highest BCUT2D eigenvalue weighted by molar-refractivity contribution is 5.75. The van der Waals surface area contributed by atoms with Crippen LogP contribution >= 0.6 is 0 Å². The second-order valence-corrected chi connectivity index (χ2v) is 4.17. The first-order valence-electron chi connectivity index (χ1n) is 5.88. The van der Waals surface area contributed by atoms with E-state index in [1.54, 1.807) is 7.05 Å². The summed E-state index contributed by atoms with van der Waals surface area (Å²) in [5.74, 6) is 0.144. The van der Waals surface area contributed by atoms with Gasteiger partial charge in [0.25, 0.3) is 0 Å². The van der Waals surface area contributed by atoms with E-state index in [4.69, 9.17) is 11.5 Å². The molecule has 7 nitrogen and oxygen atoms in total. The summed E-state index contributed by atoms with van der Waals surface area (Å²) in [4.78, 5) is 17.4. The van der Waals surface area contributed by atoms with E-state index in [1.807, 2.05) is 0 Å². The van der Waals surface area contributed by atoms with E-state index >= 15 is 0 Å². The molecule has 0 aliphatic carbocycles. The predicted molar refractivity (Wildman–Crippen MR) is 67.7 cm³/mol. The molecule has 2 amide bonds. The highest BCUT2D eigenvalue weighted by Gasteiger charge is 2.22. The number of hydrogen-bond acceptors (Lipinski definition) is 3. The van der Waals surface area contributed by atoms with Crippen LogP contribution in [0.15, 0.2) is 4.99 Å². The van der Waals surface area contributed by atoms with Crippen LogP contribution in [0.25, 0.3) is 0 Å². The number of amides is 2. The standard InChI is InChI=1S/C10H22N6O/c1-13-10(17)15-8-3-6-16(7-8)5-2-4-14-9(11)12/h8H,2-7H2,1H3,(H4,11,12,14)(H2,13,15,17)/t8-/m1/s1. The average molecular weight is 242 g/mol. The second-order valence-electron chi connectivity index (χ2n) is 4.17. The molecule has 0 bridgehead atoms. The van der Waals surface area contributed by atoms with Crippen LogP contribution in [0.4, 0.5) is 4.79 Å². The van der Waals surface area contributed by atoms with Crippen LogP contribution in [-0.2, 0) is 0 Å². The van der Waals surface area contributed by atoms with Crippen molar-refractivity contribution in [1.29, 1.82) is 0 Å². The molecule has 0 aromatic heterocycles. The molecule has 1 rings (SSSR count). The Bertz CT molecular complexity index is 276. The van der Waals surface area contributed by atoms with Crippen molar-refractivity contribution in [3.8, 4) is 0 Å². The van der Waals surface area contributed by atoms with Gasteiger partial charge in [0.15, 0.2) is 5.96 Å². The molecule has 0 aromatic rings. The van der Waals surface area contributed by atoms with Crippen LogP contribution in [0.2, 0.25) is 0 Å². The lowest BCUT2D eigenvalue weighted by molar-refractivity contribution is 0.238. The SMILES string of the molecule is CNC(=O)N[C@@H]1CCN(CCCN=C(N)N)C1. The van der Waals surface area contributed by atoms with Crippen LogP contribution in [-0.4, -0.2) is 56.2 Å². The van der Waals surface area contributed by atoms with E-state index in [0.29, 0.717) is 6.54 Å². The molecule has 1 aliphatic rings. The van der Waals surface area contributed by atoms with Gasteiger partial charge in [0.1, 0.15) is 0 Å². The Morgan fingerprint density at radius 1 is 1.53 bits per heavy atom. The molecule has 0 radical (unpaired) electrons. The third-order valence-electron chi connectivity index (χ3n) is 2.76. The van der Waals surface area contributed by atoms with Gasteiger partial charge in [-0.3, -0.25) is 4.99 Å². The summed E-state index contributed by atoms with van der Waals surface area (Å²) in [7, 11) is 1.62. The van der Waals surface area contributed by atoms with Gasteiger partial charge in [-0.05, 0) is 19.4 Å². The maximum atomic E-state index is 11.1. The summed E-state index contributed by atoms with van der Waals surface area (Å²) in [6.45, 7) is 3.53. The smallest absolute Gasteiger partial charge is 0.314 e. The Labute approximate surface area is 102 Å². The van der Waals surface area contributed by atoms with E-state index < -0.39 is 0 Å². The molecule has 1 atom stereocenters. The minimum Gasteiger partial charge on any atom is -0.370 e. The number of nitrogens with zero attached hydrogens (tertiary/aromatic N) is 2. The van der Waals surface area contributed by atoms with E-state index in [1.165, 1.54) is 0 Å². The number of nitrogens with one attached hydrogen (secondary N) is 2. The van der Waals surface area contributed by atoms with Crippen LogP contribution < -0.4 is 22.1 Å². The number of guanidine groups is 1. The molecule has 0 saturated carbocycles. The summed E-state index contributed by atoms with van der Waals surface area (Å²) < 4.78 is 0. The number of urea groups is 1. The van der Waals surface area contributed by atoms with Gasteiger partial charge in [0.2, 0.25) is 0 Å². The molecule has 98 valence electrons. The number of rotatable bonds is 5. The molecule has 17 heavy (non-hydrogen) atoms. The number of nitrogens with two attached hydrogens (primary N) is 2. The fourth-order valence-corrected chi connectivity index (χ4v) is 1.91. The third kappa shape index (κ3) is 5.39. The number of hydrogen-bond donors (Lipinski definition) is 4. The van der Waals surface area contributed by atoms with Crippen LogP contribution in [0.5, 0.6) is 0 Å². The summed E-state index contributed by atoms with van der Waals surface area (Å²) in [6, 6.07) is 0.135. The van der Waals surface area contributed by atoms with Crippen molar-refractivity contribution in [2.24, 2.45) is 16.5 Å². The predicted octanol–water partition coefficient (Wildman–Crippen LogP) is -1.35. The maximum absolute atomic E-state index is 11.1. The minimum atomic E-state index is -0.114. The number of carbonyl (C=O) groups is 1. The topological polar surface area (TPSA) is 109 Å². The number of aliphatic imine (C=N–C) groups is 1. The lowest BCUT2D eigenvalue weighted by atomic mass is 10.3. The maximum Gasteiger partial charge on any atom is 0.314 e. The molecule has 0 aromatic carbocycles. The van der Waals surface area contributed by atoms with Crippen LogP contribution in [0.1, 0.15) is 12.8 Å². The zero-order valence-corrected chi connectivity index (χ0v) is 10.3. The molecule has 0 unspecified atom stereocenters. The monoisotopic (exact) mass is 242 g/mol. The summed E-state index contributed by atoms with van der Waals surface area (Å²) >= 11 is 0. The highest BCUT2D eigenvalue weighted by atomic mass is 16.2. The van der Waals surface area contributed by atoms with Crippen LogP contribution in [0, 0.1) is 0 Å². The molecule has 6 N–H and O–H groups in total. The molecule has 1 saturated heterocycles. The van der Waals surface area contributed by atoms with Gasteiger partial charge in [-0.1, -0.05) is 0 Å². The van der Waals surface area contributed by atoms with Crippen molar-refractivity contribution in [2.75, 3.05) is 33.2 Å². The van der Waals surface area contributed by atoms with Gasteiger partial charge in [-0.15, -0.1) is 0 Å². The first-order chi connectivity index (χ1) is 8.11. The Hall–Kier alpha value is -1.50. The molecule has 1 fully saturated rings. The Morgan fingerprint density at radius 2 is 2.29 bits per heavy atom. The van der Waals surface area contributed by atoms with Gasteiger partial charge in [0.05, 0.1) is 0 Å². The fraction of sp³-hybridized carbons (Fsp3) is 0.800. The first kappa shape index (κ1) is 13.6. The summed E-state index contributed by atoms with van der Waals surface area (Å²) in [5, 5.41) is 5.47.